The minimum Gasteiger partial charge on any atom is -0.368 e. The first-order chi connectivity index (χ1) is 19.6. The molecule has 2 atom stereocenters. The highest BCUT2D eigenvalue weighted by Gasteiger charge is 2.40. The number of nitrogens with one attached hydrogen (secondary N) is 1. The average molecular weight is 540 g/mol. The summed E-state index contributed by atoms with van der Waals surface area (Å²) >= 11 is 0. The smallest absolute Gasteiger partial charge is 0.248 e. The van der Waals surface area contributed by atoms with E-state index in [1.165, 1.54) is 22.7 Å². The monoisotopic (exact) mass is 539 g/mol. The molecule has 0 saturated carbocycles. The number of halogens is 1. The van der Waals surface area contributed by atoms with Gasteiger partial charge in [0.15, 0.2) is 5.82 Å². The van der Waals surface area contributed by atoms with Gasteiger partial charge in [0.25, 0.3) is 0 Å². The van der Waals surface area contributed by atoms with Gasteiger partial charge < -0.3 is 20.9 Å². The Balaban J connectivity index is 1.07. The summed E-state index contributed by atoms with van der Waals surface area (Å²) in [7, 11) is 0. The van der Waals surface area contributed by atoms with Crippen LogP contribution >= 0.6 is 0 Å². The molecule has 0 bridgehead atoms. The molecule has 206 valence electrons. The standard InChI is InChI=1S/C30H34FN9/c1-2-12-38-15-21-17-39(18-22(21)16-38)26-11-10-23(14-25(26)31)33-30-34-29(32)40(37-30)27-13-20-8-5-7-19-6-3-4-9-24(19)28(20)36-35-27/h3-4,6,9-11,13-14,21-22H,2,5,7-8,12,15-18H2,1H3,(H3,32,33,34,37). The molecule has 0 radical (unpaired) electrons. The highest BCUT2D eigenvalue weighted by Crippen LogP contribution is 2.36. The lowest BCUT2D eigenvalue weighted by atomic mass is 10.0. The van der Waals surface area contributed by atoms with Crippen molar-refractivity contribution in [2.24, 2.45) is 11.8 Å². The van der Waals surface area contributed by atoms with Crippen molar-refractivity contribution in [3.63, 3.8) is 0 Å². The van der Waals surface area contributed by atoms with Crippen molar-refractivity contribution in [1.82, 2.24) is 29.9 Å². The molecule has 2 fully saturated rings. The van der Waals surface area contributed by atoms with Crippen molar-refractivity contribution < 1.29 is 4.39 Å². The van der Waals surface area contributed by atoms with Crippen LogP contribution in [0.5, 0.6) is 0 Å². The molecular formula is C30H34FN9. The fraction of sp³-hybridized carbons (Fsp3) is 0.400. The summed E-state index contributed by atoms with van der Waals surface area (Å²) in [5.74, 6) is 1.95. The lowest BCUT2D eigenvalue weighted by Gasteiger charge is -2.23. The molecule has 3 N–H and O–H groups in total. The summed E-state index contributed by atoms with van der Waals surface area (Å²) in [5, 5.41) is 16.6. The van der Waals surface area contributed by atoms with Crippen LogP contribution in [-0.4, -0.2) is 62.6 Å². The number of nitrogens with zero attached hydrogens (tertiary/aromatic N) is 7. The Morgan fingerprint density at radius 2 is 1.77 bits per heavy atom. The van der Waals surface area contributed by atoms with Crippen LogP contribution in [0.25, 0.3) is 17.1 Å². The fourth-order valence-electron chi connectivity index (χ4n) is 6.68. The molecule has 40 heavy (non-hydrogen) atoms. The van der Waals surface area contributed by atoms with Gasteiger partial charge in [-0.05, 0) is 79.5 Å². The van der Waals surface area contributed by atoms with E-state index in [1.807, 2.05) is 24.3 Å². The number of hydrogen-bond donors (Lipinski definition) is 2. The minimum atomic E-state index is -0.250. The maximum Gasteiger partial charge on any atom is 0.248 e. The van der Waals surface area contributed by atoms with E-state index < -0.39 is 0 Å². The Kier molecular flexibility index (Phi) is 6.34. The van der Waals surface area contributed by atoms with Gasteiger partial charge in [-0.3, -0.25) is 0 Å². The van der Waals surface area contributed by atoms with Gasteiger partial charge in [0.1, 0.15) is 5.82 Å². The zero-order valence-electron chi connectivity index (χ0n) is 22.7. The van der Waals surface area contributed by atoms with Crippen LogP contribution < -0.4 is 16.0 Å². The second kappa shape index (κ2) is 10.2. The van der Waals surface area contributed by atoms with E-state index in [0.717, 1.165) is 68.8 Å². The zero-order valence-corrected chi connectivity index (χ0v) is 22.7. The third-order valence-electron chi connectivity index (χ3n) is 8.52. The predicted molar refractivity (Wildman–Crippen MR) is 154 cm³/mol. The lowest BCUT2D eigenvalue weighted by molar-refractivity contribution is 0.317. The van der Waals surface area contributed by atoms with Crippen LogP contribution in [0.2, 0.25) is 0 Å². The van der Waals surface area contributed by atoms with Crippen molar-refractivity contribution in [3.8, 4) is 17.1 Å². The second-order valence-corrected chi connectivity index (χ2v) is 11.3. The van der Waals surface area contributed by atoms with E-state index in [9.17, 15) is 0 Å². The maximum absolute atomic E-state index is 15.2. The number of anilines is 4. The predicted octanol–water partition coefficient (Wildman–Crippen LogP) is 4.46. The number of nitrogens with two attached hydrogens (primary N) is 1. The van der Waals surface area contributed by atoms with Gasteiger partial charge in [-0.2, -0.15) is 9.67 Å². The quantitative estimate of drug-likeness (QED) is 0.371. The zero-order chi connectivity index (χ0) is 27.2. The van der Waals surface area contributed by atoms with Crippen LogP contribution in [0.1, 0.15) is 30.9 Å². The third kappa shape index (κ3) is 4.56. The Labute approximate surface area is 233 Å². The molecule has 2 aliphatic heterocycles. The molecular weight excluding hydrogens is 505 g/mol. The number of aryl methyl sites for hydroxylation is 2. The first-order valence-electron chi connectivity index (χ1n) is 14.3. The molecule has 2 aromatic carbocycles. The van der Waals surface area contributed by atoms with Crippen molar-refractivity contribution in [1.29, 1.82) is 0 Å². The number of likely N-dealkylation sites (tertiary alicyclic amines) is 1. The first-order valence-corrected chi connectivity index (χ1v) is 14.3. The number of benzene rings is 2. The van der Waals surface area contributed by atoms with Crippen molar-refractivity contribution in [2.75, 3.05) is 48.7 Å². The van der Waals surface area contributed by atoms with Gasteiger partial charge in [-0.15, -0.1) is 15.3 Å². The van der Waals surface area contributed by atoms with E-state index in [4.69, 9.17) is 5.73 Å². The van der Waals surface area contributed by atoms with Gasteiger partial charge in [0.2, 0.25) is 11.9 Å². The number of fused-ring (bicyclic) bond motifs is 4. The highest BCUT2D eigenvalue weighted by molar-refractivity contribution is 5.68. The third-order valence-corrected chi connectivity index (χ3v) is 8.52. The summed E-state index contributed by atoms with van der Waals surface area (Å²) in [6, 6.07) is 15.5. The van der Waals surface area contributed by atoms with Gasteiger partial charge >= 0.3 is 0 Å². The number of aromatic nitrogens is 5. The Bertz CT molecular complexity index is 1540. The maximum atomic E-state index is 15.2. The first kappa shape index (κ1) is 25.0. The molecule has 10 heteroatoms. The summed E-state index contributed by atoms with van der Waals surface area (Å²) in [6.45, 7) is 7.43. The Morgan fingerprint density at radius 1 is 0.975 bits per heavy atom. The molecule has 3 aliphatic rings. The molecule has 7 rings (SSSR count). The van der Waals surface area contributed by atoms with Crippen molar-refractivity contribution in [3.05, 3.63) is 65.5 Å². The molecule has 9 nitrogen and oxygen atoms in total. The van der Waals surface area contributed by atoms with Gasteiger partial charge in [-0.1, -0.05) is 31.2 Å². The van der Waals surface area contributed by atoms with E-state index in [-0.39, 0.29) is 17.7 Å². The van der Waals surface area contributed by atoms with E-state index in [1.54, 1.807) is 0 Å². The normalized spacial score (nSPS) is 20.2. The van der Waals surface area contributed by atoms with Gasteiger partial charge in [0, 0.05) is 37.4 Å². The molecule has 1 aliphatic carbocycles. The van der Waals surface area contributed by atoms with Crippen LogP contribution in [-0.2, 0) is 12.8 Å². The minimum absolute atomic E-state index is 0.184. The molecule has 2 saturated heterocycles. The molecule has 2 aromatic heterocycles. The molecule has 0 spiro atoms. The lowest BCUT2D eigenvalue weighted by Crippen LogP contribution is -2.29. The highest BCUT2D eigenvalue weighted by atomic mass is 19.1. The second-order valence-electron chi connectivity index (χ2n) is 11.3. The van der Waals surface area contributed by atoms with Crippen molar-refractivity contribution >= 4 is 23.3 Å². The van der Waals surface area contributed by atoms with E-state index in [2.05, 4.69) is 60.5 Å². The Hall–Kier alpha value is -4.05. The van der Waals surface area contributed by atoms with E-state index in [0.29, 0.717) is 29.0 Å². The molecule has 2 unspecified atom stereocenters. The van der Waals surface area contributed by atoms with Gasteiger partial charge in [0.05, 0.1) is 11.4 Å². The fourth-order valence-corrected chi connectivity index (χ4v) is 6.68. The number of nitrogen functional groups attached to an aromatic ring is 1. The summed E-state index contributed by atoms with van der Waals surface area (Å²) in [6.07, 6.45) is 4.12. The summed E-state index contributed by atoms with van der Waals surface area (Å²) in [5.41, 5.74) is 11.9. The SMILES string of the molecule is CCCN1CC2CN(c3ccc(Nc4nc(N)n(-c5cc6c(nn5)-c5ccccc5CCC6)n4)cc3F)CC2C1. The van der Waals surface area contributed by atoms with Gasteiger partial charge in [-0.25, -0.2) is 4.39 Å². The summed E-state index contributed by atoms with van der Waals surface area (Å²) < 4.78 is 16.7. The van der Waals surface area contributed by atoms with Crippen LogP contribution in [0, 0.1) is 17.7 Å². The molecule has 0 amide bonds. The average Bonchev–Trinajstić information content (AvgIpc) is 3.58. The largest absolute Gasteiger partial charge is 0.368 e. The van der Waals surface area contributed by atoms with Crippen molar-refractivity contribution in [2.45, 2.75) is 32.6 Å². The van der Waals surface area contributed by atoms with E-state index >= 15 is 4.39 Å². The topological polar surface area (TPSA) is 101 Å². The number of hydrogen-bond acceptors (Lipinski definition) is 8. The Morgan fingerprint density at radius 3 is 2.58 bits per heavy atom. The molecule has 4 aromatic rings. The molecule has 4 heterocycles. The summed E-state index contributed by atoms with van der Waals surface area (Å²) in [4.78, 5) is 9.09. The van der Waals surface area contributed by atoms with Crippen LogP contribution in [0.15, 0.2) is 48.5 Å². The van der Waals surface area contributed by atoms with Crippen LogP contribution in [0.4, 0.5) is 27.7 Å². The van der Waals surface area contributed by atoms with Crippen LogP contribution in [0.3, 0.4) is 0 Å². The number of rotatable bonds is 6.